The zero-order valence-electron chi connectivity index (χ0n) is 19.0. The highest BCUT2D eigenvalue weighted by molar-refractivity contribution is 5.94. The number of hydrogen-bond acceptors (Lipinski definition) is 4. The minimum absolute atomic E-state index is 0. The van der Waals surface area contributed by atoms with Crippen molar-refractivity contribution in [3.8, 4) is 0 Å². The Morgan fingerprint density at radius 2 is 1.23 bits per heavy atom. The van der Waals surface area contributed by atoms with Crippen LogP contribution in [0.5, 0.6) is 0 Å². The SMILES string of the molecule is CCCCCCCC/C=C\CCCCCCCC(=O)O.CCOC(=O)CC(C)=O.[AlH3]. The van der Waals surface area contributed by atoms with E-state index >= 15 is 0 Å². The maximum atomic E-state index is 10.4. The van der Waals surface area contributed by atoms with E-state index in [1.54, 1.807) is 6.92 Å². The van der Waals surface area contributed by atoms with E-state index in [0.29, 0.717) is 13.0 Å². The number of esters is 1. The van der Waals surface area contributed by atoms with Crippen molar-refractivity contribution in [2.24, 2.45) is 0 Å². The third kappa shape index (κ3) is 34.4. The summed E-state index contributed by atoms with van der Waals surface area (Å²) in [4.78, 5) is 31.0. The van der Waals surface area contributed by atoms with Gasteiger partial charge in [0.25, 0.3) is 0 Å². The highest BCUT2D eigenvalue weighted by atomic mass is 27.0. The molecule has 0 aromatic carbocycles. The first kappa shape index (κ1) is 33.5. The fourth-order valence-electron chi connectivity index (χ4n) is 2.76. The second kappa shape index (κ2) is 27.9. The van der Waals surface area contributed by atoms with Crippen molar-refractivity contribution in [2.45, 2.75) is 117 Å². The van der Waals surface area contributed by atoms with Crippen LogP contribution in [-0.4, -0.2) is 46.8 Å². The number of carboxylic acid groups (broad SMARTS) is 1. The van der Waals surface area contributed by atoms with Gasteiger partial charge in [0, 0.05) is 6.42 Å². The Kier molecular flexibility index (Phi) is 31.2. The van der Waals surface area contributed by atoms with Gasteiger partial charge < -0.3 is 9.84 Å². The summed E-state index contributed by atoms with van der Waals surface area (Å²) in [6.45, 7) is 5.66. The van der Waals surface area contributed by atoms with E-state index < -0.39 is 11.9 Å². The van der Waals surface area contributed by atoms with Gasteiger partial charge in [-0.05, 0) is 46.0 Å². The van der Waals surface area contributed by atoms with Gasteiger partial charge in [0.2, 0.25) is 0 Å². The fourth-order valence-corrected chi connectivity index (χ4v) is 2.76. The average Bonchev–Trinajstić information content (AvgIpc) is 2.65. The lowest BCUT2D eigenvalue weighted by molar-refractivity contribution is -0.145. The smallest absolute Gasteiger partial charge is 0.313 e. The van der Waals surface area contributed by atoms with Gasteiger partial charge in [-0.1, -0.05) is 70.4 Å². The predicted octanol–water partition coefficient (Wildman–Crippen LogP) is 5.45. The third-order valence-electron chi connectivity index (χ3n) is 4.35. The number of ketones is 1. The lowest BCUT2D eigenvalue weighted by Crippen LogP contribution is -2.07. The van der Waals surface area contributed by atoms with Crippen LogP contribution in [0.2, 0.25) is 0 Å². The van der Waals surface area contributed by atoms with E-state index in [2.05, 4.69) is 23.8 Å². The number of carboxylic acids is 1. The lowest BCUT2D eigenvalue weighted by atomic mass is 10.1. The molecule has 6 heteroatoms. The molecule has 0 amide bonds. The fraction of sp³-hybridized carbons (Fsp3) is 0.792. The van der Waals surface area contributed by atoms with E-state index in [0.717, 1.165) is 12.8 Å². The topological polar surface area (TPSA) is 80.7 Å². The van der Waals surface area contributed by atoms with Crippen LogP contribution in [0.25, 0.3) is 0 Å². The molecule has 0 spiro atoms. The summed E-state index contributed by atoms with van der Waals surface area (Å²) in [5.74, 6) is -1.26. The van der Waals surface area contributed by atoms with Gasteiger partial charge in [0.1, 0.15) is 12.2 Å². The molecule has 0 radical (unpaired) electrons. The van der Waals surface area contributed by atoms with Gasteiger partial charge in [0.05, 0.1) is 6.61 Å². The normalized spacial score (nSPS) is 10.1. The molecular weight excluding hydrogens is 395 g/mol. The van der Waals surface area contributed by atoms with Gasteiger partial charge in [0.15, 0.2) is 17.4 Å². The Bertz CT molecular complexity index is 435. The first-order valence-electron chi connectivity index (χ1n) is 11.5. The maximum absolute atomic E-state index is 10.4. The van der Waals surface area contributed by atoms with Crippen molar-refractivity contribution in [1.29, 1.82) is 0 Å². The molecule has 0 unspecified atom stereocenters. The van der Waals surface area contributed by atoms with Crippen LogP contribution >= 0.6 is 0 Å². The summed E-state index contributed by atoms with van der Waals surface area (Å²) in [7, 11) is 0. The van der Waals surface area contributed by atoms with Gasteiger partial charge in [-0.15, -0.1) is 0 Å². The van der Waals surface area contributed by atoms with Crippen molar-refractivity contribution in [1.82, 2.24) is 0 Å². The van der Waals surface area contributed by atoms with Crippen molar-refractivity contribution in [3.63, 3.8) is 0 Å². The molecular formula is C24H47AlO5. The number of ether oxygens (including phenoxy) is 1. The molecule has 0 atom stereocenters. The largest absolute Gasteiger partial charge is 0.481 e. The van der Waals surface area contributed by atoms with Crippen LogP contribution in [0.3, 0.4) is 0 Å². The summed E-state index contributed by atoms with van der Waals surface area (Å²) in [6.07, 6.45) is 21.1. The average molecular weight is 443 g/mol. The monoisotopic (exact) mass is 442 g/mol. The van der Waals surface area contributed by atoms with Gasteiger partial charge in [-0.2, -0.15) is 0 Å². The van der Waals surface area contributed by atoms with Crippen molar-refractivity contribution in [2.75, 3.05) is 6.61 Å². The predicted molar refractivity (Wildman–Crippen MR) is 129 cm³/mol. The summed E-state index contributed by atoms with van der Waals surface area (Å²) < 4.78 is 4.49. The Balaban J connectivity index is -0.000000616. The number of carbonyl (C=O) groups excluding carboxylic acids is 2. The summed E-state index contributed by atoms with van der Waals surface area (Å²) in [6, 6.07) is 0. The third-order valence-corrected chi connectivity index (χ3v) is 4.35. The molecule has 0 aromatic heterocycles. The number of rotatable bonds is 18. The van der Waals surface area contributed by atoms with Crippen LogP contribution in [0, 0.1) is 0 Å². The molecule has 0 bridgehead atoms. The minimum atomic E-state index is -0.664. The summed E-state index contributed by atoms with van der Waals surface area (Å²) in [5, 5.41) is 8.51. The Morgan fingerprint density at radius 1 is 0.767 bits per heavy atom. The first-order valence-corrected chi connectivity index (χ1v) is 11.5. The van der Waals surface area contributed by atoms with Crippen molar-refractivity contribution in [3.05, 3.63) is 12.2 Å². The lowest BCUT2D eigenvalue weighted by Gasteiger charge is -1.99. The Morgan fingerprint density at radius 3 is 1.67 bits per heavy atom. The molecule has 0 aliphatic rings. The first-order chi connectivity index (χ1) is 13.9. The van der Waals surface area contributed by atoms with Crippen LogP contribution < -0.4 is 0 Å². The Labute approximate surface area is 195 Å². The van der Waals surface area contributed by atoms with Crippen LogP contribution in [0.4, 0.5) is 0 Å². The molecule has 0 rings (SSSR count). The zero-order chi connectivity index (χ0) is 22.2. The molecule has 5 nitrogen and oxygen atoms in total. The zero-order valence-corrected chi connectivity index (χ0v) is 19.0. The Hall–Kier alpha value is -1.12. The number of carbonyl (C=O) groups is 3. The summed E-state index contributed by atoms with van der Waals surface area (Å²) >= 11 is 0. The van der Waals surface area contributed by atoms with Gasteiger partial charge in [-0.3, -0.25) is 14.4 Å². The summed E-state index contributed by atoms with van der Waals surface area (Å²) in [5.41, 5.74) is 0. The number of Topliss-reactive ketones (excluding diaryl/α,β-unsaturated/α-hetero) is 1. The molecule has 176 valence electrons. The molecule has 0 saturated heterocycles. The van der Waals surface area contributed by atoms with Crippen LogP contribution in [0.15, 0.2) is 12.2 Å². The molecule has 1 N–H and O–H groups in total. The van der Waals surface area contributed by atoms with E-state index in [4.69, 9.17) is 5.11 Å². The number of unbranched alkanes of at least 4 members (excludes halogenated alkanes) is 11. The highest BCUT2D eigenvalue weighted by Crippen LogP contribution is 2.09. The van der Waals surface area contributed by atoms with Crippen molar-refractivity contribution >= 4 is 35.1 Å². The quantitative estimate of drug-likeness (QED) is 0.100. The standard InChI is InChI=1S/C18H34O2.C6H10O3.Al.3H/c1-2-3-4-5-6-7-8-9-10-11-12-13-14-15-16-17-18(19)20;1-3-9-6(8)4-5(2)7;;;;/h9-10H,2-8,11-17H2,1H3,(H,19,20);3-4H2,1-2H3;;;;/b10-9-;;;;;. The maximum Gasteiger partial charge on any atom is 0.313 e. The van der Waals surface area contributed by atoms with E-state index in [-0.39, 0.29) is 29.6 Å². The second-order valence-corrected chi connectivity index (χ2v) is 7.41. The van der Waals surface area contributed by atoms with Crippen molar-refractivity contribution < 1.29 is 24.2 Å². The number of aliphatic carboxylic acids is 1. The second-order valence-electron chi connectivity index (χ2n) is 7.41. The van der Waals surface area contributed by atoms with E-state index in [9.17, 15) is 14.4 Å². The van der Waals surface area contributed by atoms with Crippen LogP contribution in [-0.2, 0) is 19.1 Å². The number of hydrogen-bond donors (Lipinski definition) is 1. The molecule has 0 aromatic rings. The van der Waals surface area contributed by atoms with E-state index in [1.165, 1.54) is 77.6 Å². The number of allylic oxidation sites excluding steroid dienone is 2. The van der Waals surface area contributed by atoms with E-state index in [1.807, 2.05) is 0 Å². The molecule has 30 heavy (non-hydrogen) atoms. The molecule has 0 saturated carbocycles. The molecule has 0 aliphatic carbocycles. The van der Waals surface area contributed by atoms with Gasteiger partial charge >= 0.3 is 11.9 Å². The molecule has 0 aliphatic heterocycles. The minimum Gasteiger partial charge on any atom is -0.481 e. The molecule has 0 fully saturated rings. The van der Waals surface area contributed by atoms with Gasteiger partial charge in [-0.25, -0.2) is 0 Å². The highest BCUT2D eigenvalue weighted by Gasteiger charge is 2.03. The molecule has 0 heterocycles. The van der Waals surface area contributed by atoms with Crippen LogP contribution in [0.1, 0.15) is 117 Å².